The average molecular weight is 400 g/mol. The molecule has 0 radical (unpaired) electrons. The standard InChI is InChI=1S/C24H37N3O2/c1-6-8-13-19(11-7-2)25-23(28)20(15-17(3)4)26-24(29)22-16-18-12-9-10-14-21(18)27(22)5/h9-10,12,14,16-17,19-20H,6-8,11,13,15H2,1-5H3,(H,25,28)(H,26,29)/t19?,20-/m0/s1. The number of carbonyl (C=O) groups excluding carboxylic acids is 2. The van der Waals surface area contributed by atoms with Crippen LogP contribution in [0.2, 0.25) is 0 Å². The van der Waals surface area contributed by atoms with E-state index >= 15 is 0 Å². The summed E-state index contributed by atoms with van der Waals surface area (Å²) in [5.41, 5.74) is 1.58. The quantitative estimate of drug-likeness (QED) is 0.570. The molecule has 0 saturated heterocycles. The van der Waals surface area contributed by atoms with Gasteiger partial charge in [-0.05, 0) is 37.3 Å². The molecule has 1 heterocycles. The Labute approximate surface area is 175 Å². The SMILES string of the molecule is CCCCC(CCC)NC(=O)[C@H](CC(C)C)NC(=O)c1cc2ccccc2n1C. The fourth-order valence-electron chi connectivity index (χ4n) is 3.83. The monoisotopic (exact) mass is 399 g/mol. The number of rotatable bonds is 11. The molecule has 2 aromatic rings. The van der Waals surface area contributed by atoms with Crippen LogP contribution in [0.3, 0.4) is 0 Å². The van der Waals surface area contributed by atoms with Crippen molar-refractivity contribution < 1.29 is 9.59 Å². The number of benzene rings is 1. The first kappa shape index (κ1) is 23.0. The van der Waals surface area contributed by atoms with Crippen LogP contribution < -0.4 is 10.6 Å². The van der Waals surface area contributed by atoms with Crippen molar-refractivity contribution in [1.82, 2.24) is 15.2 Å². The number of hydrogen-bond acceptors (Lipinski definition) is 2. The van der Waals surface area contributed by atoms with Gasteiger partial charge in [0, 0.05) is 24.0 Å². The van der Waals surface area contributed by atoms with Gasteiger partial charge in [0.25, 0.3) is 5.91 Å². The van der Waals surface area contributed by atoms with Gasteiger partial charge in [-0.15, -0.1) is 0 Å². The van der Waals surface area contributed by atoms with E-state index in [9.17, 15) is 9.59 Å². The Morgan fingerprint density at radius 3 is 2.38 bits per heavy atom. The Hall–Kier alpha value is -2.30. The van der Waals surface area contributed by atoms with Crippen LogP contribution in [-0.4, -0.2) is 28.5 Å². The van der Waals surface area contributed by atoms with Crippen LogP contribution in [0.15, 0.2) is 30.3 Å². The van der Waals surface area contributed by atoms with Crippen molar-refractivity contribution in [3.8, 4) is 0 Å². The average Bonchev–Trinajstić information content (AvgIpc) is 3.02. The van der Waals surface area contributed by atoms with Crippen LogP contribution in [-0.2, 0) is 11.8 Å². The van der Waals surface area contributed by atoms with Crippen molar-refractivity contribution in [2.75, 3.05) is 0 Å². The summed E-state index contributed by atoms with van der Waals surface area (Å²) in [6.07, 6.45) is 5.82. The summed E-state index contributed by atoms with van der Waals surface area (Å²) in [6.45, 7) is 8.45. The largest absolute Gasteiger partial charge is 0.352 e. The lowest BCUT2D eigenvalue weighted by Crippen LogP contribution is -2.50. The first-order valence-electron chi connectivity index (χ1n) is 11.0. The van der Waals surface area contributed by atoms with Gasteiger partial charge >= 0.3 is 0 Å². The number of hydrogen-bond donors (Lipinski definition) is 2. The maximum absolute atomic E-state index is 13.0. The molecule has 160 valence electrons. The first-order valence-corrected chi connectivity index (χ1v) is 11.0. The molecule has 0 aliphatic carbocycles. The van der Waals surface area contributed by atoms with Gasteiger partial charge in [0.2, 0.25) is 5.91 Å². The summed E-state index contributed by atoms with van der Waals surface area (Å²) in [7, 11) is 1.89. The maximum Gasteiger partial charge on any atom is 0.268 e. The number of carbonyl (C=O) groups is 2. The van der Waals surface area contributed by atoms with Crippen molar-refractivity contribution >= 4 is 22.7 Å². The minimum atomic E-state index is -0.526. The second kappa shape index (κ2) is 11.0. The zero-order valence-corrected chi connectivity index (χ0v) is 18.6. The van der Waals surface area contributed by atoms with Crippen LogP contribution in [0.5, 0.6) is 0 Å². The molecule has 0 spiro atoms. The van der Waals surface area contributed by atoms with E-state index in [4.69, 9.17) is 0 Å². The molecule has 2 N–H and O–H groups in total. The van der Waals surface area contributed by atoms with Crippen LogP contribution >= 0.6 is 0 Å². The van der Waals surface area contributed by atoms with Crippen molar-refractivity contribution in [2.45, 2.75) is 78.3 Å². The molecule has 5 nitrogen and oxygen atoms in total. The highest BCUT2D eigenvalue weighted by atomic mass is 16.2. The Kier molecular flexibility index (Phi) is 8.74. The van der Waals surface area contributed by atoms with Crippen molar-refractivity contribution in [1.29, 1.82) is 0 Å². The number of nitrogens with zero attached hydrogens (tertiary/aromatic N) is 1. The van der Waals surface area contributed by atoms with Crippen LogP contribution in [0.1, 0.15) is 76.7 Å². The van der Waals surface area contributed by atoms with Crippen molar-refractivity contribution in [3.63, 3.8) is 0 Å². The summed E-state index contributed by atoms with van der Waals surface area (Å²) in [4.78, 5) is 26.0. The third-order valence-corrected chi connectivity index (χ3v) is 5.40. The van der Waals surface area contributed by atoms with Gasteiger partial charge in [-0.1, -0.05) is 65.2 Å². The predicted molar refractivity (Wildman–Crippen MR) is 120 cm³/mol. The first-order chi connectivity index (χ1) is 13.9. The predicted octanol–water partition coefficient (Wildman–Crippen LogP) is 4.80. The minimum Gasteiger partial charge on any atom is -0.352 e. The molecular weight excluding hydrogens is 362 g/mol. The van der Waals surface area contributed by atoms with E-state index in [1.165, 1.54) is 0 Å². The molecular formula is C24H37N3O2. The van der Waals surface area contributed by atoms with E-state index in [0.29, 0.717) is 18.0 Å². The number of aromatic nitrogens is 1. The summed E-state index contributed by atoms with van der Waals surface area (Å²) in [6, 6.07) is 9.45. The van der Waals surface area contributed by atoms with Gasteiger partial charge in [0.05, 0.1) is 0 Å². The van der Waals surface area contributed by atoms with E-state index in [-0.39, 0.29) is 17.9 Å². The number of amides is 2. The van der Waals surface area contributed by atoms with Gasteiger partial charge < -0.3 is 15.2 Å². The van der Waals surface area contributed by atoms with Gasteiger partial charge in [-0.3, -0.25) is 9.59 Å². The van der Waals surface area contributed by atoms with Gasteiger partial charge in [-0.2, -0.15) is 0 Å². The van der Waals surface area contributed by atoms with Crippen LogP contribution in [0.4, 0.5) is 0 Å². The number of para-hydroxylation sites is 1. The number of nitrogens with one attached hydrogen (secondary N) is 2. The number of fused-ring (bicyclic) bond motifs is 1. The highest BCUT2D eigenvalue weighted by molar-refractivity contribution is 6.00. The third kappa shape index (κ3) is 6.34. The molecule has 5 heteroatoms. The molecule has 2 atom stereocenters. The van der Waals surface area contributed by atoms with Gasteiger partial charge in [0.15, 0.2) is 0 Å². The Morgan fingerprint density at radius 1 is 1.03 bits per heavy atom. The Morgan fingerprint density at radius 2 is 1.76 bits per heavy atom. The van der Waals surface area contributed by atoms with Gasteiger partial charge in [0.1, 0.15) is 11.7 Å². The van der Waals surface area contributed by atoms with E-state index in [1.807, 2.05) is 41.9 Å². The highest BCUT2D eigenvalue weighted by Gasteiger charge is 2.25. The normalized spacial score (nSPS) is 13.4. The number of unbranched alkanes of at least 4 members (excludes halogenated alkanes) is 1. The summed E-state index contributed by atoms with van der Waals surface area (Å²) in [5, 5.41) is 7.21. The lowest BCUT2D eigenvalue weighted by Gasteiger charge is -2.24. The molecule has 1 aromatic heterocycles. The van der Waals surface area contributed by atoms with Crippen LogP contribution in [0, 0.1) is 5.92 Å². The Bertz CT molecular complexity index is 810. The molecule has 0 saturated carbocycles. The summed E-state index contributed by atoms with van der Waals surface area (Å²) >= 11 is 0. The molecule has 2 amide bonds. The zero-order valence-electron chi connectivity index (χ0n) is 18.6. The summed E-state index contributed by atoms with van der Waals surface area (Å²) < 4.78 is 1.89. The van der Waals surface area contributed by atoms with Crippen LogP contribution in [0.25, 0.3) is 10.9 Å². The third-order valence-electron chi connectivity index (χ3n) is 5.40. The minimum absolute atomic E-state index is 0.0691. The Balaban J connectivity index is 2.14. The smallest absolute Gasteiger partial charge is 0.268 e. The highest BCUT2D eigenvalue weighted by Crippen LogP contribution is 2.19. The van der Waals surface area contributed by atoms with Crippen molar-refractivity contribution in [3.05, 3.63) is 36.0 Å². The van der Waals surface area contributed by atoms with E-state index in [0.717, 1.165) is 43.0 Å². The fourth-order valence-corrected chi connectivity index (χ4v) is 3.83. The molecule has 2 rings (SSSR count). The second-order valence-electron chi connectivity index (χ2n) is 8.44. The molecule has 0 fully saturated rings. The molecule has 0 aliphatic rings. The van der Waals surface area contributed by atoms with E-state index in [1.54, 1.807) is 0 Å². The molecule has 1 aromatic carbocycles. The molecule has 29 heavy (non-hydrogen) atoms. The zero-order chi connectivity index (χ0) is 21.4. The lowest BCUT2D eigenvalue weighted by atomic mass is 10.0. The molecule has 0 aliphatic heterocycles. The molecule has 0 bridgehead atoms. The second-order valence-corrected chi connectivity index (χ2v) is 8.44. The topological polar surface area (TPSA) is 63.1 Å². The van der Waals surface area contributed by atoms with Crippen molar-refractivity contribution in [2.24, 2.45) is 13.0 Å². The van der Waals surface area contributed by atoms with Gasteiger partial charge in [-0.25, -0.2) is 0 Å². The summed E-state index contributed by atoms with van der Waals surface area (Å²) in [5.74, 6) is 0.0317. The van der Waals surface area contributed by atoms with E-state index in [2.05, 4.69) is 38.3 Å². The maximum atomic E-state index is 13.0. The number of aryl methyl sites for hydroxylation is 1. The van der Waals surface area contributed by atoms with E-state index < -0.39 is 6.04 Å². The molecule has 1 unspecified atom stereocenters. The fraction of sp³-hybridized carbons (Fsp3) is 0.583. The lowest BCUT2D eigenvalue weighted by molar-refractivity contribution is -0.124.